The third-order valence-corrected chi connectivity index (χ3v) is 2.94. The van der Waals surface area contributed by atoms with Crippen molar-refractivity contribution in [3.8, 4) is 0 Å². The van der Waals surface area contributed by atoms with E-state index in [9.17, 15) is 0 Å². The van der Waals surface area contributed by atoms with E-state index < -0.39 is 0 Å². The summed E-state index contributed by atoms with van der Waals surface area (Å²) in [6, 6.07) is 0.726. The summed E-state index contributed by atoms with van der Waals surface area (Å²) in [4.78, 5) is 4.77. The fourth-order valence-electron chi connectivity index (χ4n) is 2.00. The van der Waals surface area contributed by atoms with Gasteiger partial charge in [-0.1, -0.05) is 6.92 Å². The molecule has 1 atom stereocenters. The van der Waals surface area contributed by atoms with Gasteiger partial charge in [0.1, 0.15) is 0 Å². The first kappa shape index (κ1) is 12.0. The first-order valence-corrected chi connectivity index (χ1v) is 5.83. The van der Waals surface area contributed by atoms with Crippen molar-refractivity contribution in [1.82, 2.24) is 15.1 Å². The molecule has 1 heterocycles. The molecular formula is C11H25N3. The van der Waals surface area contributed by atoms with Crippen molar-refractivity contribution in [2.45, 2.75) is 25.8 Å². The van der Waals surface area contributed by atoms with Crippen LogP contribution in [0.1, 0.15) is 19.8 Å². The van der Waals surface area contributed by atoms with Gasteiger partial charge in [0.2, 0.25) is 0 Å². The minimum atomic E-state index is 0.726. The first-order valence-electron chi connectivity index (χ1n) is 5.83. The average Bonchev–Trinajstić information content (AvgIpc) is 2.18. The SMILES string of the molecule is CCN1CCCC(NCCN(C)C)C1. The average molecular weight is 199 g/mol. The van der Waals surface area contributed by atoms with Crippen LogP contribution in [0.15, 0.2) is 0 Å². The smallest absolute Gasteiger partial charge is 0.0196 e. The van der Waals surface area contributed by atoms with Crippen LogP contribution in [-0.4, -0.2) is 62.7 Å². The van der Waals surface area contributed by atoms with Crippen molar-refractivity contribution in [1.29, 1.82) is 0 Å². The lowest BCUT2D eigenvalue weighted by molar-refractivity contribution is 0.197. The molecule has 0 amide bonds. The van der Waals surface area contributed by atoms with Gasteiger partial charge in [-0.05, 0) is 40.0 Å². The van der Waals surface area contributed by atoms with E-state index in [1.807, 2.05) is 0 Å². The molecule has 0 aliphatic carbocycles. The molecule has 0 radical (unpaired) electrons. The van der Waals surface area contributed by atoms with Crippen LogP contribution >= 0.6 is 0 Å². The zero-order valence-corrected chi connectivity index (χ0v) is 9.92. The number of likely N-dealkylation sites (tertiary alicyclic amines) is 1. The van der Waals surface area contributed by atoms with Crippen LogP contribution in [0.25, 0.3) is 0 Å². The number of likely N-dealkylation sites (N-methyl/N-ethyl adjacent to an activating group) is 2. The summed E-state index contributed by atoms with van der Waals surface area (Å²) in [5, 5.41) is 3.63. The summed E-state index contributed by atoms with van der Waals surface area (Å²) in [7, 11) is 4.25. The van der Waals surface area contributed by atoms with Crippen LogP contribution in [0.2, 0.25) is 0 Å². The topological polar surface area (TPSA) is 18.5 Å². The molecule has 3 heteroatoms. The third-order valence-electron chi connectivity index (χ3n) is 2.94. The fourth-order valence-corrected chi connectivity index (χ4v) is 2.00. The number of rotatable bonds is 5. The molecule has 0 spiro atoms. The van der Waals surface area contributed by atoms with Gasteiger partial charge in [0, 0.05) is 25.7 Å². The van der Waals surface area contributed by atoms with E-state index in [0.717, 1.165) is 19.1 Å². The Morgan fingerprint density at radius 1 is 1.43 bits per heavy atom. The van der Waals surface area contributed by atoms with Crippen LogP contribution in [-0.2, 0) is 0 Å². The summed E-state index contributed by atoms with van der Waals surface area (Å²) >= 11 is 0. The fraction of sp³-hybridized carbons (Fsp3) is 1.00. The first-order chi connectivity index (χ1) is 6.72. The predicted molar refractivity (Wildman–Crippen MR) is 61.7 cm³/mol. The molecule has 0 aromatic rings. The van der Waals surface area contributed by atoms with E-state index in [2.05, 4.69) is 36.1 Å². The second-order valence-electron chi connectivity index (χ2n) is 4.49. The Hall–Kier alpha value is -0.120. The van der Waals surface area contributed by atoms with Crippen LogP contribution in [0.5, 0.6) is 0 Å². The predicted octanol–water partition coefficient (Wildman–Crippen LogP) is 0.622. The minimum Gasteiger partial charge on any atom is -0.311 e. The van der Waals surface area contributed by atoms with E-state index in [1.165, 1.54) is 32.5 Å². The zero-order valence-electron chi connectivity index (χ0n) is 9.92. The van der Waals surface area contributed by atoms with E-state index in [0.29, 0.717) is 0 Å². The molecule has 1 N–H and O–H groups in total. The number of nitrogens with zero attached hydrogens (tertiary/aromatic N) is 2. The lowest BCUT2D eigenvalue weighted by atomic mass is 10.1. The number of piperidine rings is 1. The van der Waals surface area contributed by atoms with Crippen LogP contribution in [0.3, 0.4) is 0 Å². The van der Waals surface area contributed by atoms with Gasteiger partial charge in [0.15, 0.2) is 0 Å². The highest BCUT2D eigenvalue weighted by molar-refractivity contribution is 4.77. The summed E-state index contributed by atoms with van der Waals surface area (Å²) in [6.07, 6.45) is 2.71. The van der Waals surface area contributed by atoms with Gasteiger partial charge in [-0.3, -0.25) is 0 Å². The minimum absolute atomic E-state index is 0.726. The van der Waals surface area contributed by atoms with Gasteiger partial charge in [-0.15, -0.1) is 0 Å². The second-order valence-corrected chi connectivity index (χ2v) is 4.49. The van der Waals surface area contributed by atoms with Gasteiger partial charge >= 0.3 is 0 Å². The lowest BCUT2D eigenvalue weighted by Gasteiger charge is -2.32. The monoisotopic (exact) mass is 199 g/mol. The van der Waals surface area contributed by atoms with Crippen molar-refractivity contribution in [2.24, 2.45) is 0 Å². The van der Waals surface area contributed by atoms with E-state index >= 15 is 0 Å². The summed E-state index contributed by atoms with van der Waals surface area (Å²) in [5.74, 6) is 0. The van der Waals surface area contributed by atoms with Crippen molar-refractivity contribution in [3.63, 3.8) is 0 Å². The van der Waals surface area contributed by atoms with Crippen molar-refractivity contribution >= 4 is 0 Å². The standard InChI is InChI=1S/C11H25N3/c1-4-14-8-5-6-11(10-14)12-7-9-13(2)3/h11-12H,4-10H2,1-3H3. The maximum Gasteiger partial charge on any atom is 0.0196 e. The second kappa shape index (κ2) is 6.38. The van der Waals surface area contributed by atoms with Gasteiger partial charge in [0.05, 0.1) is 0 Å². The molecule has 1 unspecified atom stereocenters. The Labute approximate surface area is 88.5 Å². The summed E-state index contributed by atoms with van der Waals surface area (Å²) < 4.78 is 0. The van der Waals surface area contributed by atoms with E-state index in [4.69, 9.17) is 0 Å². The van der Waals surface area contributed by atoms with Gasteiger partial charge in [-0.25, -0.2) is 0 Å². The van der Waals surface area contributed by atoms with Crippen molar-refractivity contribution in [2.75, 3.05) is 46.8 Å². The van der Waals surface area contributed by atoms with Crippen molar-refractivity contribution in [3.05, 3.63) is 0 Å². The zero-order chi connectivity index (χ0) is 10.4. The Kier molecular flexibility index (Phi) is 5.45. The number of hydrogen-bond donors (Lipinski definition) is 1. The van der Waals surface area contributed by atoms with Crippen molar-refractivity contribution < 1.29 is 0 Å². The molecule has 84 valence electrons. The van der Waals surface area contributed by atoms with E-state index in [-0.39, 0.29) is 0 Å². The molecule has 1 aliphatic heterocycles. The maximum atomic E-state index is 3.63. The molecule has 14 heavy (non-hydrogen) atoms. The molecule has 3 nitrogen and oxygen atoms in total. The van der Waals surface area contributed by atoms with E-state index in [1.54, 1.807) is 0 Å². The third kappa shape index (κ3) is 4.40. The van der Waals surface area contributed by atoms with Crippen LogP contribution in [0.4, 0.5) is 0 Å². The lowest BCUT2D eigenvalue weighted by Crippen LogP contribution is -2.46. The maximum absolute atomic E-state index is 3.63. The van der Waals surface area contributed by atoms with Gasteiger partial charge in [0.25, 0.3) is 0 Å². The number of nitrogens with one attached hydrogen (secondary N) is 1. The Balaban J connectivity index is 2.11. The summed E-state index contributed by atoms with van der Waals surface area (Å²) in [5.41, 5.74) is 0. The van der Waals surface area contributed by atoms with Gasteiger partial charge < -0.3 is 15.1 Å². The molecule has 1 fully saturated rings. The normalized spacial score (nSPS) is 24.4. The highest BCUT2D eigenvalue weighted by atomic mass is 15.2. The van der Waals surface area contributed by atoms with Gasteiger partial charge in [-0.2, -0.15) is 0 Å². The molecule has 1 aliphatic rings. The Morgan fingerprint density at radius 2 is 2.21 bits per heavy atom. The largest absolute Gasteiger partial charge is 0.311 e. The highest BCUT2D eigenvalue weighted by Gasteiger charge is 2.17. The Bertz CT molecular complexity index is 147. The Morgan fingerprint density at radius 3 is 2.86 bits per heavy atom. The molecule has 0 aromatic carbocycles. The number of hydrogen-bond acceptors (Lipinski definition) is 3. The molecule has 0 saturated carbocycles. The van der Waals surface area contributed by atoms with Crippen LogP contribution in [0, 0.1) is 0 Å². The quantitative estimate of drug-likeness (QED) is 0.700. The van der Waals surface area contributed by atoms with Crippen LogP contribution < -0.4 is 5.32 Å². The molecule has 0 aromatic heterocycles. The molecule has 0 bridgehead atoms. The molecular weight excluding hydrogens is 174 g/mol. The molecule has 1 rings (SSSR count). The highest BCUT2D eigenvalue weighted by Crippen LogP contribution is 2.08. The molecule has 1 saturated heterocycles. The summed E-state index contributed by atoms with van der Waals surface area (Å²) in [6.45, 7) is 8.25.